The zero-order valence-corrected chi connectivity index (χ0v) is 13.5. The van der Waals surface area contributed by atoms with Gasteiger partial charge in [-0.25, -0.2) is 0 Å². The maximum absolute atomic E-state index is 13.3. The van der Waals surface area contributed by atoms with Gasteiger partial charge in [0.15, 0.2) is 0 Å². The van der Waals surface area contributed by atoms with Crippen LogP contribution in [0.3, 0.4) is 0 Å². The van der Waals surface area contributed by atoms with Crippen molar-refractivity contribution in [2.75, 3.05) is 0 Å². The van der Waals surface area contributed by atoms with E-state index in [-0.39, 0.29) is 27.2 Å². The van der Waals surface area contributed by atoms with Gasteiger partial charge in [0.25, 0.3) is 11.6 Å². The van der Waals surface area contributed by atoms with E-state index in [1.807, 2.05) is 0 Å². The molecular formula is C15H16ClF3N2O2. The lowest BCUT2D eigenvalue weighted by atomic mass is 9.98. The summed E-state index contributed by atoms with van der Waals surface area (Å²) in [6, 6.07) is 4.13. The van der Waals surface area contributed by atoms with Crippen molar-refractivity contribution < 1.29 is 23.1 Å². The maximum Gasteiger partial charge on any atom is 0.438 e. The van der Waals surface area contributed by atoms with Crippen LogP contribution in [0.1, 0.15) is 36.2 Å². The summed E-state index contributed by atoms with van der Waals surface area (Å²) in [6.45, 7) is 4.99. The highest BCUT2D eigenvalue weighted by Crippen LogP contribution is 2.42. The number of amides is 1. The van der Waals surface area contributed by atoms with Crippen molar-refractivity contribution in [2.45, 2.75) is 39.1 Å². The van der Waals surface area contributed by atoms with E-state index in [0.29, 0.717) is 5.56 Å². The summed E-state index contributed by atoms with van der Waals surface area (Å²) in [7, 11) is 0. The fourth-order valence-electron chi connectivity index (χ4n) is 2.18. The van der Waals surface area contributed by atoms with Crippen LogP contribution in [0.5, 0.6) is 0 Å². The van der Waals surface area contributed by atoms with Crippen LogP contribution >= 0.6 is 11.6 Å². The van der Waals surface area contributed by atoms with Crippen LogP contribution in [-0.2, 0) is 0 Å². The Hall–Kier alpha value is -1.60. The number of hydrazone groups is 1. The van der Waals surface area contributed by atoms with E-state index in [0.717, 1.165) is 0 Å². The van der Waals surface area contributed by atoms with Gasteiger partial charge in [0.05, 0.1) is 0 Å². The Bertz CT molecular complexity index is 673. The van der Waals surface area contributed by atoms with Gasteiger partial charge in [-0.15, -0.1) is 0 Å². The number of alkyl halides is 3. The van der Waals surface area contributed by atoms with Crippen LogP contribution in [0.15, 0.2) is 23.3 Å². The molecule has 0 aromatic heterocycles. The predicted molar refractivity (Wildman–Crippen MR) is 80.3 cm³/mol. The zero-order chi connectivity index (χ0) is 17.6. The van der Waals surface area contributed by atoms with E-state index in [4.69, 9.17) is 11.6 Å². The van der Waals surface area contributed by atoms with Crippen molar-refractivity contribution in [1.82, 2.24) is 5.01 Å². The van der Waals surface area contributed by atoms with Crippen LogP contribution in [-0.4, -0.2) is 33.6 Å². The third kappa shape index (κ3) is 3.07. The molecule has 8 heteroatoms. The normalized spacial score (nSPS) is 21.8. The Kier molecular flexibility index (Phi) is 4.47. The molecule has 1 heterocycles. The van der Waals surface area contributed by atoms with Gasteiger partial charge >= 0.3 is 6.18 Å². The lowest BCUT2D eigenvalue weighted by Crippen LogP contribution is -2.56. The lowest BCUT2D eigenvalue weighted by molar-refractivity contribution is -0.297. The van der Waals surface area contributed by atoms with Gasteiger partial charge in [-0.05, 0) is 30.5 Å². The van der Waals surface area contributed by atoms with E-state index < -0.39 is 24.2 Å². The number of benzene rings is 1. The van der Waals surface area contributed by atoms with Gasteiger partial charge in [0, 0.05) is 22.7 Å². The van der Waals surface area contributed by atoms with Crippen LogP contribution in [0.2, 0.25) is 5.02 Å². The summed E-state index contributed by atoms with van der Waals surface area (Å²) in [5, 5.41) is 14.2. The molecule has 1 atom stereocenters. The Morgan fingerprint density at radius 1 is 1.43 bits per heavy atom. The van der Waals surface area contributed by atoms with Gasteiger partial charge in [-0.2, -0.15) is 23.3 Å². The number of carbonyl (C=O) groups excluding carboxylic acids is 1. The first-order chi connectivity index (χ1) is 10.5. The number of aliphatic hydroxyl groups is 1. The largest absolute Gasteiger partial charge is 0.438 e. The molecule has 0 bridgehead atoms. The zero-order valence-electron chi connectivity index (χ0n) is 12.8. The van der Waals surface area contributed by atoms with Gasteiger partial charge < -0.3 is 5.11 Å². The Morgan fingerprint density at radius 3 is 2.52 bits per heavy atom. The molecule has 1 aliphatic heterocycles. The van der Waals surface area contributed by atoms with Gasteiger partial charge in [0.1, 0.15) is 0 Å². The van der Waals surface area contributed by atoms with Crippen molar-refractivity contribution in [3.63, 3.8) is 0 Å². The summed E-state index contributed by atoms with van der Waals surface area (Å²) >= 11 is 5.91. The third-order valence-corrected chi connectivity index (χ3v) is 4.15. The molecule has 1 aliphatic rings. The maximum atomic E-state index is 13.3. The molecule has 0 radical (unpaired) electrons. The van der Waals surface area contributed by atoms with Crippen molar-refractivity contribution in [2.24, 2.45) is 11.0 Å². The molecule has 0 saturated heterocycles. The summed E-state index contributed by atoms with van der Waals surface area (Å²) < 4.78 is 39.9. The molecule has 4 nitrogen and oxygen atoms in total. The number of nitrogens with zero attached hydrogens (tertiary/aromatic N) is 2. The van der Waals surface area contributed by atoms with Crippen molar-refractivity contribution >= 4 is 23.2 Å². The number of carbonyl (C=O) groups is 1. The molecule has 1 N–H and O–H groups in total. The SMILES string of the molecule is Cc1ccc(C(=O)N2N=C(C(C)C)C[C@@]2(O)C(F)(F)F)cc1Cl. The standard InChI is InChI=1S/C15H16ClF3N2O2/c1-8(2)12-7-14(23,15(17,18)19)21(20-12)13(22)10-5-4-9(3)11(16)6-10/h4-6,8,23H,7H2,1-3H3/t14-/m1/s1. The molecule has 1 aromatic rings. The Balaban J connectivity index is 2.47. The minimum atomic E-state index is -5.03. The second-order valence-corrected chi connectivity index (χ2v) is 6.23. The Labute approximate surface area is 136 Å². The average Bonchev–Trinajstić information content (AvgIpc) is 2.80. The number of halogens is 4. The molecule has 0 aliphatic carbocycles. The number of hydrogen-bond acceptors (Lipinski definition) is 3. The summed E-state index contributed by atoms with van der Waals surface area (Å²) in [6.07, 6.45) is -5.79. The number of aryl methyl sites for hydroxylation is 1. The second kappa shape index (κ2) is 5.79. The van der Waals surface area contributed by atoms with E-state index in [1.165, 1.54) is 18.2 Å². The van der Waals surface area contributed by atoms with Gasteiger partial charge in [0.2, 0.25) is 0 Å². The van der Waals surface area contributed by atoms with Crippen LogP contribution in [0.25, 0.3) is 0 Å². The van der Waals surface area contributed by atoms with Gasteiger partial charge in [-0.3, -0.25) is 4.79 Å². The van der Waals surface area contributed by atoms with Crippen molar-refractivity contribution in [1.29, 1.82) is 0 Å². The van der Waals surface area contributed by atoms with Crippen molar-refractivity contribution in [3.05, 3.63) is 34.3 Å². The summed E-state index contributed by atoms with van der Waals surface area (Å²) in [5.41, 5.74) is -2.63. The fraction of sp³-hybridized carbons (Fsp3) is 0.467. The molecule has 1 amide bonds. The molecule has 23 heavy (non-hydrogen) atoms. The second-order valence-electron chi connectivity index (χ2n) is 5.82. The monoisotopic (exact) mass is 348 g/mol. The first-order valence-corrected chi connectivity index (χ1v) is 7.32. The van der Waals surface area contributed by atoms with E-state index in [1.54, 1.807) is 20.8 Å². The predicted octanol–water partition coefficient (Wildman–Crippen LogP) is 3.76. The fourth-order valence-corrected chi connectivity index (χ4v) is 2.36. The molecule has 0 spiro atoms. The van der Waals surface area contributed by atoms with Gasteiger partial charge in [-0.1, -0.05) is 31.5 Å². The molecule has 126 valence electrons. The number of rotatable bonds is 2. The van der Waals surface area contributed by atoms with Crippen LogP contribution < -0.4 is 0 Å². The molecule has 0 fully saturated rings. The first-order valence-electron chi connectivity index (χ1n) is 6.94. The van der Waals surface area contributed by atoms with E-state index >= 15 is 0 Å². The molecular weight excluding hydrogens is 333 g/mol. The quantitative estimate of drug-likeness (QED) is 0.884. The smallest absolute Gasteiger partial charge is 0.362 e. The van der Waals surface area contributed by atoms with Crippen molar-refractivity contribution in [3.8, 4) is 0 Å². The van der Waals surface area contributed by atoms with Crippen LogP contribution in [0, 0.1) is 12.8 Å². The molecule has 0 unspecified atom stereocenters. The first kappa shape index (κ1) is 17.7. The highest BCUT2D eigenvalue weighted by Gasteiger charge is 2.63. The minimum absolute atomic E-state index is 0.0722. The Morgan fingerprint density at radius 2 is 2.04 bits per heavy atom. The highest BCUT2D eigenvalue weighted by atomic mass is 35.5. The minimum Gasteiger partial charge on any atom is -0.362 e. The topological polar surface area (TPSA) is 52.9 Å². The summed E-state index contributed by atoms with van der Waals surface area (Å²) in [4.78, 5) is 12.4. The third-order valence-electron chi connectivity index (χ3n) is 3.74. The molecule has 1 aromatic carbocycles. The van der Waals surface area contributed by atoms with E-state index in [2.05, 4.69) is 5.10 Å². The molecule has 2 rings (SSSR count). The summed E-state index contributed by atoms with van der Waals surface area (Å²) in [5.74, 6) is -1.38. The molecule has 0 saturated carbocycles. The van der Waals surface area contributed by atoms with E-state index in [9.17, 15) is 23.1 Å². The average molecular weight is 349 g/mol. The number of hydrogen-bond donors (Lipinski definition) is 1. The highest BCUT2D eigenvalue weighted by molar-refractivity contribution is 6.31. The van der Waals surface area contributed by atoms with Crippen LogP contribution in [0.4, 0.5) is 13.2 Å². The lowest BCUT2D eigenvalue weighted by Gasteiger charge is -2.32.